The first-order chi connectivity index (χ1) is 12.8. The van der Waals surface area contributed by atoms with Gasteiger partial charge in [0.15, 0.2) is 0 Å². The maximum Gasteiger partial charge on any atom is 0.245 e. The van der Waals surface area contributed by atoms with Gasteiger partial charge in [-0.25, -0.2) is 13.1 Å². The molecule has 1 amide bonds. The van der Waals surface area contributed by atoms with Crippen molar-refractivity contribution in [2.45, 2.75) is 6.92 Å². The molecule has 1 N–H and O–H groups in total. The quantitative estimate of drug-likeness (QED) is 0.708. The Balaban J connectivity index is 1.80. The van der Waals surface area contributed by atoms with E-state index in [0.717, 1.165) is 21.8 Å². The van der Waals surface area contributed by atoms with Gasteiger partial charge in [0.2, 0.25) is 15.9 Å². The van der Waals surface area contributed by atoms with Gasteiger partial charge in [-0.15, -0.1) is 0 Å². The number of aromatic nitrogens is 2. The molecule has 0 unspecified atom stereocenters. The van der Waals surface area contributed by atoms with Crippen molar-refractivity contribution in [1.82, 2.24) is 9.78 Å². The molecule has 1 aromatic heterocycles. The molecular formula is C19H20N4O3S. The molecule has 0 saturated carbocycles. The summed E-state index contributed by atoms with van der Waals surface area (Å²) in [5, 5.41) is 6.90. The average molecular weight is 384 g/mol. The first kappa shape index (κ1) is 18.7. The molecule has 140 valence electrons. The summed E-state index contributed by atoms with van der Waals surface area (Å²) in [7, 11) is -3.61. The number of nitrogens with zero attached hydrogens (tertiary/aromatic N) is 3. The number of hydrogen-bond donors (Lipinski definition) is 1. The third-order valence-corrected chi connectivity index (χ3v) is 5.10. The highest BCUT2D eigenvalue weighted by molar-refractivity contribution is 7.92. The molecule has 8 heteroatoms. The molecule has 0 saturated heterocycles. The summed E-state index contributed by atoms with van der Waals surface area (Å²) in [4.78, 5) is 12.5. The minimum Gasteiger partial charge on any atom is -0.324 e. The van der Waals surface area contributed by atoms with Crippen LogP contribution in [0.15, 0.2) is 67.0 Å². The first-order valence-corrected chi connectivity index (χ1v) is 10.1. The predicted molar refractivity (Wildman–Crippen MR) is 106 cm³/mol. The van der Waals surface area contributed by atoms with Gasteiger partial charge >= 0.3 is 0 Å². The van der Waals surface area contributed by atoms with Gasteiger partial charge in [-0.1, -0.05) is 24.3 Å². The standard InChI is InChI=1S/C19H20N4O3S/c1-15-7-3-4-10-18(15)23(27(2,25)26)14-19(24)21-16-8-5-9-17(13-16)22-12-6-11-20-22/h3-13H,14H2,1-2H3,(H,21,24). The molecule has 0 radical (unpaired) electrons. The zero-order valence-electron chi connectivity index (χ0n) is 15.0. The SMILES string of the molecule is Cc1ccccc1N(CC(=O)Nc1cccc(-n2cccn2)c1)S(C)(=O)=O. The molecular weight excluding hydrogens is 364 g/mol. The topological polar surface area (TPSA) is 84.3 Å². The van der Waals surface area contributed by atoms with Crippen LogP contribution in [-0.2, 0) is 14.8 Å². The Morgan fingerprint density at radius 2 is 1.93 bits per heavy atom. The van der Waals surface area contributed by atoms with Gasteiger partial charge in [-0.3, -0.25) is 9.10 Å². The highest BCUT2D eigenvalue weighted by Gasteiger charge is 2.22. The lowest BCUT2D eigenvalue weighted by molar-refractivity contribution is -0.114. The molecule has 0 aliphatic carbocycles. The first-order valence-electron chi connectivity index (χ1n) is 8.28. The van der Waals surface area contributed by atoms with E-state index in [1.807, 2.05) is 12.1 Å². The highest BCUT2D eigenvalue weighted by Crippen LogP contribution is 2.22. The summed E-state index contributed by atoms with van der Waals surface area (Å²) < 4.78 is 27.2. The van der Waals surface area contributed by atoms with E-state index in [1.165, 1.54) is 0 Å². The summed E-state index contributed by atoms with van der Waals surface area (Å²) in [6.45, 7) is 1.49. The summed E-state index contributed by atoms with van der Waals surface area (Å²) in [5.41, 5.74) is 2.61. The number of rotatable bonds is 6. The zero-order chi connectivity index (χ0) is 19.4. The van der Waals surface area contributed by atoms with Crippen LogP contribution in [-0.4, -0.2) is 36.9 Å². The van der Waals surface area contributed by atoms with E-state index >= 15 is 0 Å². The molecule has 0 aliphatic heterocycles. The van der Waals surface area contributed by atoms with Crippen molar-refractivity contribution in [2.24, 2.45) is 0 Å². The highest BCUT2D eigenvalue weighted by atomic mass is 32.2. The Morgan fingerprint density at radius 1 is 1.15 bits per heavy atom. The molecule has 0 atom stereocenters. The van der Waals surface area contributed by atoms with Gasteiger partial charge in [0.1, 0.15) is 6.54 Å². The third kappa shape index (κ3) is 4.53. The van der Waals surface area contributed by atoms with Crippen molar-refractivity contribution < 1.29 is 13.2 Å². The van der Waals surface area contributed by atoms with Crippen LogP contribution in [0.5, 0.6) is 0 Å². The van der Waals surface area contributed by atoms with E-state index in [-0.39, 0.29) is 6.54 Å². The van der Waals surface area contributed by atoms with E-state index in [1.54, 1.807) is 66.5 Å². The second-order valence-corrected chi connectivity index (χ2v) is 8.01. The number of aryl methyl sites for hydroxylation is 1. The molecule has 0 fully saturated rings. The molecule has 3 aromatic rings. The molecule has 27 heavy (non-hydrogen) atoms. The van der Waals surface area contributed by atoms with Crippen molar-refractivity contribution in [2.75, 3.05) is 22.4 Å². The van der Waals surface area contributed by atoms with Crippen molar-refractivity contribution in [3.63, 3.8) is 0 Å². The van der Waals surface area contributed by atoms with Crippen molar-refractivity contribution in [3.8, 4) is 5.69 Å². The molecule has 0 bridgehead atoms. The number of hydrogen-bond acceptors (Lipinski definition) is 4. The molecule has 2 aromatic carbocycles. The van der Waals surface area contributed by atoms with Gasteiger partial charge in [0, 0.05) is 18.1 Å². The molecule has 1 heterocycles. The minimum absolute atomic E-state index is 0.310. The Hall–Kier alpha value is -3.13. The number of amides is 1. The Labute approximate surface area is 158 Å². The lowest BCUT2D eigenvalue weighted by Gasteiger charge is -2.23. The van der Waals surface area contributed by atoms with E-state index in [4.69, 9.17) is 0 Å². The number of para-hydroxylation sites is 1. The fraction of sp³-hybridized carbons (Fsp3) is 0.158. The normalized spacial score (nSPS) is 11.2. The van der Waals surface area contributed by atoms with Crippen LogP contribution < -0.4 is 9.62 Å². The van der Waals surface area contributed by atoms with Gasteiger partial charge in [0.25, 0.3) is 0 Å². The zero-order valence-corrected chi connectivity index (χ0v) is 15.8. The third-order valence-electron chi connectivity index (χ3n) is 3.97. The fourth-order valence-electron chi connectivity index (χ4n) is 2.70. The van der Waals surface area contributed by atoms with E-state index in [0.29, 0.717) is 11.4 Å². The van der Waals surface area contributed by atoms with Crippen molar-refractivity contribution >= 4 is 27.3 Å². The minimum atomic E-state index is -3.61. The van der Waals surface area contributed by atoms with Crippen molar-refractivity contribution in [3.05, 3.63) is 72.6 Å². The van der Waals surface area contributed by atoms with Crippen LogP contribution in [0.4, 0.5) is 11.4 Å². The van der Waals surface area contributed by atoms with Gasteiger partial charge in [-0.05, 0) is 42.8 Å². The number of nitrogens with one attached hydrogen (secondary N) is 1. The van der Waals surface area contributed by atoms with Gasteiger partial charge in [0.05, 0.1) is 17.6 Å². The van der Waals surface area contributed by atoms with Gasteiger partial charge in [-0.2, -0.15) is 5.10 Å². The maximum absolute atomic E-state index is 12.5. The van der Waals surface area contributed by atoms with Crippen molar-refractivity contribution in [1.29, 1.82) is 0 Å². The Bertz CT molecular complexity index is 1050. The van der Waals surface area contributed by atoms with E-state index in [9.17, 15) is 13.2 Å². The van der Waals surface area contributed by atoms with Crippen LogP contribution in [0.1, 0.15) is 5.56 Å². The van der Waals surface area contributed by atoms with Crippen LogP contribution in [0.25, 0.3) is 5.69 Å². The van der Waals surface area contributed by atoms with Crippen LogP contribution in [0, 0.1) is 6.92 Å². The summed E-state index contributed by atoms with van der Waals surface area (Å²) in [5.74, 6) is -0.429. The van der Waals surface area contributed by atoms with Gasteiger partial charge < -0.3 is 5.32 Å². The molecule has 3 rings (SSSR count). The van der Waals surface area contributed by atoms with E-state index in [2.05, 4.69) is 10.4 Å². The maximum atomic E-state index is 12.5. The number of benzene rings is 2. The monoisotopic (exact) mass is 384 g/mol. The largest absolute Gasteiger partial charge is 0.324 e. The fourth-order valence-corrected chi connectivity index (χ4v) is 3.62. The summed E-state index contributed by atoms with van der Waals surface area (Å²) >= 11 is 0. The molecule has 0 spiro atoms. The van der Waals surface area contributed by atoms with Crippen LogP contribution in [0.2, 0.25) is 0 Å². The summed E-state index contributed by atoms with van der Waals surface area (Å²) in [6.07, 6.45) is 4.55. The smallest absolute Gasteiger partial charge is 0.245 e. The lowest BCUT2D eigenvalue weighted by atomic mass is 10.2. The molecule has 0 aliphatic rings. The van der Waals surface area contributed by atoms with E-state index < -0.39 is 15.9 Å². The summed E-state index contributed by atoms with van der Waals surface area (Å²) in [6, 6.07) is 16.0. The number of anilines is 2. The van der Waals surface area contributed by atoms with Crippen LogP contribution >= 0.6 is 0 Å². The lowest BCUT2D eigenvalue weighted by Crippen LogP contribution is -2.37. The second-order valence-electron chi connectivity index (χ2n) is 6.11. The average Bonchev–Trinajstić information content (AvgIpc) is 3.14. The second kappa shape index (κ2) is 7.63. The number of carbonyl (C=O) groups is 1. The van der Waals surface area contributed by atoms with Crippen LogP contribution in [0.3, 0.4) is 0 Å². The number of sulfonamides is 1. The number of carbonyl (C=O) groups excluding carboxylic acids is 1. The molecule has 7 nitrogen and oxygen atoms in total. The Kier molecular flexibility index (Phi) is 5.27. The predicted octanol–water partition coefficient (Wildman–Crippen LogP) is 2.59. The Morgan fingerprint density at radius 3 is 2.59 bits per heavy atom.